The molecule has 142 valence electrons. The van der Waals surface area contributed by atoms with E-state index in [1.54, 1.807) is 0 Å². The minimum absolute atomic E-state index is 0. The van der Waals surface area contributed by atoms with E-state index in [-0.39, 0.29) is 35.8 Å². The fourth-order valence-electron chi connectivity index (χ4n) is 2.43. The molecule has 1 aliphatic heterocycles. The molecule has 0 aromatic rings. The number of hydrogen-bond acceptors (Lipinski definition) is 4. The van der Waals surface area contributed by atoms with Crippen molar-refractivity contribution in [3.63, 3.8) is 0 Å². The van der Waals surface area contributed by atoms with E-state index in [0.29, 0.717) is 25.0 Å². The summed E-state index contributed by atoms with van der Waals surface area (Å²) in [4.78, 5) is 4.47. The Bertz CT molecular complexity index is 477. The summed E-state index contributed by atoms with van der Waals surface area (Å²) in [6.07, 6.45) is 5.63. The number of hydrogen-bond donors (Lipinski definition) is 3. The van der Waals surface area contributed by atoms with Crippen molar-refractivity contribution in [1.82, 2.24) is 15.4 Å². The Kier molecular flexibility index (Phi) is 10.5. The van der Waals surface area contributed by atoms with Gasteiger partial charge in [0.25, 0.3) is 0 Å². The minimum Gasteiger partial charge on any atom is -0.377 e. The molecular formula is C15H31IN4O3S. The summed E-state index contributed by atoms with van der Waals surface area (Å²) in [5, 5.41) is 6.23. The predicted octanol–water partition coefficient (Wildman–Crippen LogP) is 1.06. The maximum atomic E-state index is 12.0. The van der Waals surface area contributed by atoms with Crippen molar-refractivity contribution < 1.29 is 13.2 Å². The van der Waals surface area contributed by atoms with E-state index in [1.807, 2.05) is 6.92 Å². The zero-order chi connectivity index (χ0) is 16.5. The first-order valence-electron chi connectivity index (χ1n) is 8.70. The third-order valence-corrected chi connectivity index (χ3v) is 5.36. The van der Waals surface area contributed by atoms with E-state index >= 15 is 0 Å². The molecule has 1 aliphatic carbocycles. The molecule has 0 radical (unpaired) electrons. The number of nitrogens with zero attached hydrogens (tertiary/aromatic N) is 1. The van der Waals surface area contributed by atoms with Crippen molar-refractivity contribution in [3.8, 4) is 0 Å². The van der Waals surface area contributed by atoms with Crippen LogP contribution in [0.25, 0.3) is 0 Å². The van der Waals surface area contributed by atoms with Crippen LogP contribution in [-0.2, 0) is 14.8 Å². The summed E-state index contributed by atoms with van der Waals surface area (Å²) in [7, 11) is -3.29. The molecule has 1 saturated heterocycles. The van der Waals surface area contributed by atoms with Crippen LogP contribution in [-0.4, -0.2) is 59.0 Å². The fraction of sp³-hybridized carbons (Fsp3) is 0.933. The van der Waals surface area contributed by atoms with Gasteiger partial charge in [0.1, 0.15) is 0 Å². The Labute approximate surface area is 162 Å². The van der Waals surface area contributed by atoms with E-state index in [9.17, 15) is 8.42 Å². The highest BCUT2D eigenvalue weighted by molar-refractivity contribution is 14.0. The van der Waals surface area contributed by atoms with E-state index in [4.69, 9.17) is 4.74 Å². The number of sulfonamides is 1. The van der Waals surface area contributed by atoms with E-state index in [0.717, 1.165) is 39.0 Å². The molecule has 9 heteroatoms. The topological polar surface area (TPSA) is 91.8 Å². The van der Waals surface area contributed by atoms with Crippen LogP contribution < -0.4 is 15.4 Å². The summed E-state index contributed by atoms with van der Waals surface area (Å²) < 4.78 is 32.2. The van der Waals surface area contributed by atoms with Crippen molar-refractivity contribution in [1.29, 1.82) is 0 Å². The van der Waals surface area contributed by atoms with Gasteiger partial charge >= 0.3 is 0 Å². The third-order valence-electron chi connectivity index (χ3n) is 4.02. The number of nitrogens with one attached hydrogen (secondary N) is 3. The lowest BCUT2D eigenvalue weighted by Crippen LogP contribution is -2.42. The second kappa shape index (κ2) is 11.5. The molecule has 0 spiro atoms. The van der Waals surface area contributed by atoms with Crippen LogP contribution in [0.2, 0.25) is 0 Å². The first-order chi connectivity index (χ1) is 11.1. The van der Waals surface area contributed by atoms with Gasteiger partial charge in [-0.25, -0.2) is 13.1 Å². The van der Waals surface area contributed by atoms with Crippen LogP contribution in [0.15, 0.2) is 4.99 Å². The smallest absolute Gasteiger partial charge is 0.213 e. The van der Waals surface area contributed by atoms with Gasteiger partial charge < -0.3 is 15.4 Å². The maximum absolute atomic E-state index is 12.0. The Morgan fingerprint density at radius 3 is 2.62 bits per heavy atom. The van der Waals surface area contributed by atoms with Gasteiger partial charge in [-0.3, -0.25) is 4.99 Å². The molecule has 1 unspecified atom stereocenters. The number of rotatable bonds is 9. The maximum Gasteiger partial charge on any atom is 0.213 e. The lowest BCUT2D eigenvalue weighted by atomic mass is 10.1. The van der Waals surface area contributed by atoms with Crippen molar-refractivity contribution in [2.75, 3.05) is 38.5 Å². The molecule has 0 amide bonds. The lowest BCUT2D eigenvalue weighted by molar-refractivity contribution is 0.0200. The molecule has 2 rings (SSSR count). The highest BCUT2D eigenvalue weighted by Gasteiger charge is 2.21. The average Bonchev–Trinajstić information content (AvgIpc) is 3.36. The highest BCUT2D eigenvalue weighted by atomic mass is 127. The van der Waals surface area contributed by atoms with Gasteiger partial charge in [0.15, 0.2) is 5.96 Å². The zero-order valence-corrected chi connectivity index (χ0v) is 17.6. The molecular weight excluding hydrogens is 443 g/mol. The van der Waals surface area contributed by atoms with Crippen molar-refractivity contribution in [2.24, 2.45) is 10.9 Å². The zero-order valence-electron chi connectivity index (χ0n) is 14.4. The summed E-state index contributed by atoms with van der Waals surface area (Å²) in [5.74, 6) is 1.45. The first kappa shape index (κ1) is 21.9. The van der Waals surface area contributed by atoms with Gasteiger partial charge in [0, 0.05) is 32.8 Å². The molecule has 7 nitrogen and oxygen atoms in total. The Morgan fingerprint density at radius 2 is 2.00 bits per heavy atom. The van der Waals surface area contributed by atoms with E-state index in [2.05, 4.69) is 20.3 Å². The second-order valence-corrected chi connectivity index (χ2v) is 8.17. The first-order valence-corrected chi connectivity index (χ1v) is 10.4. The largest absolute Gasteiger partial charge is 0.377 e. The average molecular weight is 474 g/mol. The van der Waals surface area contributed by atoms with Gasteiger partial charge in [0.2, 0.25) is 10.0 Å². The van der Waals surface area contributed by atoms with E-state index < -0.39 is 10.0 Å². The summed E-state index contributed by atoms with van der Waals surface area (Å²) in [6.45, 7) is 5.03. The van der Waals surface area contributed by atoms with Gasteiger partial charge in [-0.15, -0.1) is 24.0 Å². The molecule has 0 aromatic carbocycles. The number of ether oxygens (including phenoxy) is 1. The predicted molar refractivity (Wildman–Crippen MR) is 108 cm³/mol. The monoisotopic (exact) mass is 474 g/mol. The molecule has 2 fully saturated rings. The van der Waals surface area contributed by atoms with Crippen LogP contribution in [0, 0.1) is 5.92 Å². The van der Waals surface area contributed by atoms with Crippen molar-refractivity contribution >= 4 is 40.0 Å². The number of guanidine groups is 1. The van der Waals surface area contributed by atoms with Gasteiger partial charge in [-0.2, -0.15) is 0 Å². The SMILES string of the molecule is CCNC(=NCC1CC1)NCCS(=O)(=O)NCC1CCCCO1.I. The minimum atomic E-state index is -3.29. The molecule has 2 aliphatic rings. The Morgan fingerprint density at radius 1 is 1.21 bits per heavy atom. The summed E-state index contributed by atoms with van der Waals surface area (Å²) >= 11 is 0. The van der Waals surface area contributed by atoms with Crippen LogP contribution in [0.5, 0.6) is 0 Å². The standard InChI is InChI=1S/C15H30N4O3S.HI/c1-2-16-15(18-11-13-6-7-13)17-8-10-23(20,21)19-12-14-5-3-4-9-22-14;/h13-14,19H,2-12H2,1H3,(H2,16,17,18);1H. The van der Waals surface area contributed by atoms with Gasteiger partial charge in [-0.1, -0.05) is 0 Å². The van der Waals surface area contributed by atoms with Crippen molar-refractivity contribution in [2.45, 2.75) is 45.1 Å². The van der Waals surface area contributed by atoms with Crippen LogP contribution in [0.4, 0.5) is 0 Å². The van der Waals surface area contributed by atoms with Gasteiger partial charge in [-0.05, 0) is 44.9 Å². The van der Waals surface area contributed by atoms with Crippen LogP contribution in [0.1, 0.15) is 39.0 Å². The molecule has 0 bridgehead atoms. The van der Waals surface area contributed by atoms with Crippen molar-refractivity contribution in [3.05, 3.63) is 0 Å². The third kappa shape index (κ3) is 9.38. The van der Waals surface area contributed by atoms with Gasteiger partial charge in [0.05, 0.1) is 11.9 Å². The molecule has 0 aromatic heterocycles. The fourth-order valence-corrected chi connectivity index (χ4v) is 3.38. The molecule has 1 saturated carbocycles. The molecule has 24 heavy (non-hydrogen) atoms. The molecule has 1 heterocycles. The lowest BCUT2D eigenvalue weighted by Gasteiger charge is -2.22. The van der Waals surface area contributed by atoms with E-state index in [1.165, 1.54) is 12.8 Å². The normalized spacial score (nSPS) is 21.9. The molecule has 1 atom stereocenters. The molecule has 3 N–H and O–H groups in total. The highest BCUT2D eigenvalue weighted by Crippen LogP contribution is 2.28. The van der Waals surface area contributed by atoms with Crippen LogP contribution >= 0.6 is 24.0 Å². The summed E-state index contributed by atoms with van der Waals surface area (Å²) in [5.41, 5.74) is 0. The quantitative estimate of drug-likeness (QED) is 0.264. The number of halogens is 1. The second-order valence-electron chi connectivity index (χ2n) is 6.25. The summed E-state index contributed by atoms with van der Waals surface area (Å²) in [6, 6.07) is 0. The Balaban J connectivity index is 0.00000288. The van der Waals surface area contributed by atoms with Crippen LogP contribution in [0.3, 0.4) is 0 Å². The Hall–Kier alpha value is -0.130. The number of aliphatic imine (C=N–C) groups is 1.